The van der Waals surface area contributed by atoms with Crippen LogP contribution < -0.4 is 5.73 Å². The number of hydrogen-bond acceptors (Lipinski definition) is 2. The molecule has 1 aromatic rings. The maximum atomic E-state index is 13.5. The second-order valence-electron chi connectivity index (χ2n) is 7.10. The molecule has 1 heterocycles. The van der Waals surface area contributed by atoms with Crippen LogP contribution in [0.3, 0.4) is 0 Å². The van der Waals surface area contributed by atoms with E-state index in [-0.39, 0.29) is 17.9 Å². The molecule has 1 aromatic carbocycles. The van der Waals surface area contributed by atoms with Crippen LogP contribution in [0.4, 0.5) is 4.39 Å². The minimum absolute atomic E-state index is 0.0180. The quantitative estimate of drug-likeness (QED) is 0.915. The summed E-state index contributed by atoms with van der Waals surface area (Å²) in [7, 11) is 0. The Balaban J connectivity index is 1.74. The van der Waals surface area contributed by atoms with Crippen molar-refractivity contribution >= 4 is 0 Å². The van der Waals surface area contributed by atoms with E-state index in [2.05, 4.69) is 4.90 Å². The number of nitrogens with two attached hydrogens (primary N) is 1. The van der Waals surface area contributed by atoms with Crippen molar-refractivity contribution in [3.63, 3.8) is 0 Å². The van der Waals surface area contributed by atoms with Crippen LogP contribution >= 0.6 is 0 Å². The van der Waals surface area contributed by atoms with Crippen molar-refractivity contribution in [2.75, 3.05) is 13.1 Å². The van der Waals surface area contributed by atoms with Gasteiger partial charge in [0.2, 0.25) is 0 Å². The molecule has 2 N–H and O–H groups in total. The van der Waals surface area contributed by atoms with E-state index in [4.69, 9.17) is 5.73 Å². The van der Waals surface area contributed by atoms with E-state index in [0.717, 1.165) is 18.7 Å². The minimum atomic E-state index is -0.164. The van der Waals surface area contributed by atoms with Crippen LogP contribution in [0, 0.1) is 11.2 Å². The zero-order valence-corrected chi connectivity index (χ0v) is 13.0. The van der Waals surface area contributed by atoms with Crippen LogP contribution in [0.2, 0.25) is 0 Å². The van der Waals surface area contributed by atoms with Gasteiger partial charge in [0, 0.05) is 12.1 Å². The first-order valence-electron chi connectivity index (χ1n) is 8.35. The van der Waals surface area contributed by atoms with Gasteiger partial charge in [0.25, 0.3) is 0 Å². The number of likely N-dealkylation sites (tertiary alicyclic amines) is 1. The summed E-state index contributed by atoms with van der Waals surface area (Å²) in [6, 6.07) is 7.11. The van der Waals surface area contributed by atoms with Crippen molar-refractivity contribution in [3.05, 3.63) is 35.6 Å². The highest BCUT2D eigenvalue weighted by Gasteiger charge is 2.39. The van der Waals surface area contributed by atoms with Gasteiger partial charge in [-0.2, -0.15) is 0 Å². The topological polar surface area (TPSA) is 29.3 Å². The van der Waals surface area contributed by atoms with Crippen LogP contribution in [-0.2, 0) is 0 Å². The van der Waals surface area contributed by atoms with Crippen molar-refractivity contribution < 1.29 is 4.39 Å². The lowest BCUT2D eigenvalue weighted by atomic mass is 9.76. The largest absolute Gasteiger partial charge is 0.326 e. The number of rotatable bonds is 3. The lowest BCUT2D eigenvalue weighted by Gasteiger charge is -2.44. The van der Waals surface area contributed by atoms with Gasteiger partial charge < -0.3 is 5.73 Å². The number of halogens is 1. The molecule has 1 saturated heterocycles. The summed E-state index contributed by atoms with van der Waals surface area (Å²) >= 11 is 0. The predicted molar refractivity (Wildman–Crippen MR) is 84.5 cm³/mol. The normalized spacial score (nSPS) is 25.1. The van der Waals surface area contributed by atoms with Gasteiger partial charge in [-0.25, -0.2) is 4.39 Å². The number of hydrogen-bond donors (Lipinski definition) is 1. The van der Waals surface area contributed by atoms with Crippen LogP contribution in [-0.4, -0.2) is 24.0 Å². The highest BCUT2D eigenvalue weighted by molar-refractivity contribution is 5.22. The molecular formula is C18H27FN2. The molecule has 0 aromatic heterocycles. The summed E-state index contributed by atoms with van der Waals surface area (Å²) < 4.78 is 13.5. The van der Waals surface area contributed by atoms with E-state index in [1.165, 1.54) is 44.6 Å². The molecular weight excluding hydrogens is 263 g/mol. The SMILES string of the molecule is CC(N)C(c1cccc(F)c1)N1CCC2(CCCC2)CC1. The van der Waals surface area contributed by atoms with Gasteiger partial charge >= 0.3 is 0 Å². The predicted octanol–water partition coefficient (Wildman–Crippen LogP) is 3.87. The Kier molecular flexibility index (Phi) is 4.32. The summed E-state index contributed by atoms with van der Waals surface area (Å²) in [5, 5.41) is 0. The van der Waals surface area contributed by atoms with E-state index in [1.54, 1.807) is 12.1 Å². The van der Waals surface area contributed by atoms with Crippen LogP contribution in [0.1, 0.15) is 57.1 Å². The van der Waals surface area contributed by atoms with Gasteiger partial charge in [-0.3, -0.25) is 4.90 Å². The first-order chi connectivity index (χ1) is 10.1. The first-order valence-corrected chi connectivity index (χ1v) is 8.35. The summed E-state index contributed by atoms with van der Waals surface area (Å²) in [5.41, 5.74) is 7.86. The maximum absolute atomic E-state index is 13.5. The Hall–Kier alpha value is -0.930. The molecule has 1 saturated carbocycles. The lowest BCUT2D eigenvalue weighted by Crippen LogP contribution is -2.46. The van der Waals surface area contributed by atoms with Gasteiger partial charge in [-0.05, 0) is 68.8 Å². The van der Waals surface area contributed by atoms with E-state index >= 15 is 0 Å². The molecule has 1 aliphatic heterocycles. The maximum Gasteiger partial charge on any atom is 0.123 e. The van der Waals surface area contributed by atoms with E-state index in [9.17, 15) is 4.39 Å². The molecule has 0 bridgehead atoms. The monoisotopic (exact) mass is 290 g/mol. The smallest absolute Gasteiger partial charge is 0.123 e. The van der Waals surface area contributed by atoms with Crippen molar-refractivity contribution in [1.82, 2.24) is 4.90 Å². The highest BCUT2D eigenvalue weighted by atomic mass is 19.1. The molecule has 2 nitrogen and oxygen atoms in total. The molecule has 1 spiro atoms. The molecule has 1 aliphatic carbocycles. The zero-order valence-electron chi connectivity index (χ0n) is 13.0. The third-order valence-corrected chi connectivity index (χ3v) is 5.60. The molecule has 0 amide bonds. The van der Waals surface area contributed by atoms with E-state index in [1.807, 2.05) is 13.0 Å². The Morgan fingerprint density at radius 1 is 1.14 bits per heavy atom. The summed E-state index contributed by atoms with van der Waals surface area (Å²) in [6.45, 7) is 4.24. The molecule has 0 radical (unpaired) electrons. The van der Waals surface area contributed by atoms with Gasteiger partial charge in [-0.1, -0.05) is 25.0 Å². The van der Waals surface area contributed by atoms with Gasteiger partial charge in [0.05, 0.1) is 0 Å². The molecule has 2 fully saturated rings. The first kappa shape index (κ1) is 15.0. The Labute approximate surface area is 127 Å². The molecule has 21 heavy (non-hydrogen) atoms. The average Bonchev–Trinajstić information content (AvgIpc) is 2.90. The zero-order chi connectivity index (χ0) is 14.9. The molecule has 3 heteroatoms. The number of piperidine rings is 1. The van der Waals surface area contributed by atoms with Crippen LogP contribution in [0.25, 0.3) is 0 Å². The minimum Gasteiger partial charge on any atom is -0.326 e. The third kappa shape index (κ3) is 3.14. The molecule has 2 atom stereocenters. The van der Waals surface area contributed by atoms with Gasteiger partial charge in [0.1, 0.15) is 5.82 Å². The molecule has 2 unspecified atom stereocenters. The fourth-order valence-electron chi connectivity index (χ4n) is 4.44. The fourth-order valence-corrected chi connectivity index (χ4v) is 4.44. The van der Waals surface area contributed by atoms with E-state index < -0.39 is 0 Å². The van der Waals surface area contributed by atoms with Crippen molar-refractivity contribution in [2.24, 2.45) is 11.1 Å². The summed E-state index contributed by atoms with van der Waals surface area (Å²) in [5.74, 6) is -0.164. The van der Waals surface area contributed by atoms with Crippen LogP contribution in [0.15, 0.2) is 24.3 Å². The Bertz CT molecular complexity index is 470. The van der Waals surface area contributed by atoms with Crippen molar-refractivity contribution in [3.8, 4) is 0 Å². The second kappa shape index (κ2) is 6.05. The van der Waals surface area contributed by atoms with E-state index in [0.29, 0.717) is 5.41 Å². The molecule has 2 aliphatic rings. The number of benzene rings is 1. The van der Waals surface area contributed by atoms with Gasteiger partial charge in [0.15, 0.2) is 0 Å². The lowest BCUT2D eigenvalue weighted by molar-refractivity contribution is 0.0676. The van der Waals surface area contributed by atoms with Gasteiger partial charge in [-0.15, -0.1) is 0 Å². The molecule has 3 rings (SSSR count). The fraction of sp³-hybridized carbons (Fsp3) is 0.667. The highest BCUT2D eigenvalue weighted by Crippen LogP contribution is 2.47. The van der Waals surface area contributed by atoms with Crippen molar-refractivity contribution in [2.45, 2.75) is 57.5 Å². The molecule has 116 valence electrons. The second-order valence-corrected chi connectivity index (χ2v) is 7.10. The van der Waals surface area contributed by atoms with Crippen molar-refractivity contribution in [1.29, 1.82) is 0 Å². The Morgan fingerprint density at radius 2 is 1.81 bits per heavy atom. The summed E-state index contributed by atoms with van der Waals surface area (Å²) in [4.78, 5) is 2.48. The van der Waals surface area contributed by atoms with Crippen LogP contribution in [0.5, 0.6) is 0 Å². The average molecular weight is 290 g/mol. The summed E-state index contributed by atoms with van der Waals surface area (Å²) in [6.07, 6.45) is 8.19. The number of nitrogens with zero attached hydrogens (tertiary/aromatic N) is 1. The Morgan fingerprint density at radius 3 is 2.38 bits per heavy atom. The standard InChI is InChI=1S/C18H27FN2/c1-14(20)17(15-5-4-6-16(19)13-15)21-11-9-18(10-12-21)7-2-3-8-18/h4-6,13-14,17H,2-3,7-12,20H2,1H3. The third-order valence-electron chi connectivity index (χ3n) is 5.60.